The van der Waals surface area contributed by atoms with Crippen molar-refractivity contribution >= 4 is 17.9 Å². The van der Waals surface area contributed by atoms with Crippen LogP contribution in [0.4, 0.5) is 0 Å². The van der Waals surface area contributed by atoms with Gasteiger partial charge in [0, 0.05) is 12.8 Å². The van der Waals surface area contributed by atoms with Gasteiger partial charge in [-0.25, -0.2) is 0 Å². The maximum Gasteiger partial charge on any atom is 0.306 e. The topological polar surface area (TPSA) is 111 Å². The molecule has 0 heterocycles. The zero-order chi connectivity index (χ0) is 64.7. The second-order valence-corrected chi connectivity index (χ2v) is 24.8. The molecule has 0 aliphatic rings. The molecule has 0 aromatic heterocycles. The van der Waals surface area contributed by atoms with Gasteiger partial charge in [-0.1, -0.05) is 295 Å². The number of carbonyl (C=O) groups is 3. The second-order valence-electron chi connectivity index (χ2n) is 24.8. The van der Waals surface area contributed by atoms with E-state index < -0.39 is 24.3 Å². The number of carboxylic acid groups (broad SMARTS) is 1. The molecule has 9 heteroatoms. The minimum atomic E-state index is -1.64. The van der Waals surface area contributed by atoms with Crippen LogP contribution in [0.3, 0.4) is 0 Å². The summed E-state index contributed by atoms with van der Waals surface area (Å²) < 4.78 is 22.8. The molecule has 0 saturated carbocycles. The SMILES string of the molecule is CC/C=C\C/C=C\C/C=C\C/C=C\C/C=C\C/C=C\C/C=C\C/C=C\C/C=C\C/C=C\CCCCCCC(=O)OC(COC(=O)CCCCCCCCCCCCCCCCCCC/C=C\C/C=C\CCCCCCC)COC(OCC[N+](C)(C)C)C(=O)[O-]. The summed E-state index contributed by atoms with van der Waals surface area (Å²) >= 11 is 0. The van der Waals surface area contributed by atoms with Gasteiger partial charge in [-0.3, -0.25) is 9.59 Å². The first-order valence-electron chi connectivity index (χ1n) is 36.0. The maximum absolute atomic E-state index is 12.9. The van der Waals surface area contributed by atoms with Crippen molar-refractivity contribution in [2.75, 3.05) is 47.5 Å². The van der Waals surface area contributed by atoms with Crippen LogP contribution in [0.1, 0.15) is 284 Å². The number of quaternary nitrogens is 1. The van der Waals surface area contributed by atoms with Crippen LogP contribution in [0.15, 0.2) is 146 Å². The minimum absolute atomic E-state index is 0.136. The molecule has 9 nitrogen and oxygen atoms in total. The van der Waals surface area contributed by atoms with Crippen LogP contribution in [-0.2, 0) is 33.3 Å². The number of unbranched alkanes of at least 4 members (excludes halogenated alkanes) is 26. The third-order valence-electron chi connectivity index (χ3n) is 15.1. The summed E-state index contributed by atoms with van der Waals surface area (Å²) in [6, 6.07) is 0. The summed E-state index contributed by atoms with van der Waals surface area (Å²) in [5, 5.41) is 11.8. The van der Waals surface area contributed by atoms with Crippen LogP contribution < -0.4 is 5.11 Å². The monoisotopic (exact) mass is 1240 g/mol. The van der Waals surface area contributed by atoms with Gasteiger partial charge >= 0.3 is 11.9 Å². The Hall–Kier alpha value is -4.83. The van der Waals surface area contributed by atoms with Crippen LogP contribution in [0, 0.1) is 0 Å². The molecule has 0 N–H and O–H groups in total. The number of hydrogen-bond acceptors (Lipinski definition) is 8. The van der Waals surface area contributed by atoms with Crippen LogP contribution in [0.25, 0.3) is 0 Å². The van der Waals surface area contributed by atoms with E-state index in [1.54, 1.807) is 0 Å². The summed E-state index contributed by atoms with van der Waals surface area (Å²) in [4.78, 5) is 37.5. The molecule has 0 amide bonds. The minimum Gasteiger partial charge on any atom is -0.545 e. The molecular weight excluding hydrogens is 1100 g/mol. The summed E-state index contributed by atoms with van der Waals surface area (Å²) in [6.45, 7) is 4.60. The Labute approximate surface area is 547 Å². The fourth-order valence-electron chi connectivity index (χ4n) is 9.60. The Morgan fingerprint density at radius 3 is 0.955 bits per heavy atom. The van der Waals surface area contributed by atoms with Crippen LogP contribution >= 0.6 is 0 Å². The number of esters is 2. The van der Waals surface area contributed by atoms with E-state index in [-0.39, 0.29) is 38.6 Å². The van der Waals surface area contributed by atoms with Crippen LogP contribution in [0.5, 0.6) is 0 Å². The smallest absolute Gasteiger partial charge is 0.306 e. The highest BCUT2D eigenvalue weighted by atomic mass is 16.7. The third-order valence-corrected chi connectivity index (χ3v) is 15.1. The van der Waals surface area contributed by atoms with E-state index in [4.69, 9.17) is 18.9 Å². The maximum atomic E-state index is 12.9. The molecule has 0 aliphatic carbocycles. The molecular formula is C80H133NO8. The van der Waals surface area contributed by atoms with Crippen molar-refractivity contribution < 1.29 is 42.9 Å². The first-order chi connectivity index (χ1) is 43.6. The predicted octanol–water partition coefficient (Wildman–Crippen LogP) is 21.4. The number of nitrogens with zero attached hydrogens (tertiary/aromatic N) is 1. The molecule has 0 saturated heterocycles. The van der Waals surface area contributed by atoms with Gasteiger partial charge in [0.2, 0.25) is 0 Å². The third kappa shape index (κ3) is 70.5. The normalized spacial score (nSPS) is 13.6. The van der Waals surface area contributed by atoms with Gasteiger partial charge in [0.25, 0.3) is 0 Å². The average molecular weight is 1240 g/mol. The second kappa shape index (κ2) is 69.1. The predicted molar refractivity (Wildman–Crippen MR) is 379 cm³/mol. The molecule has 0 spiro atoms. The number of carbonyl (C=O) groups excluding carboxylic acids is 3. The molecule has 89 heavy (non-hydrogen) atoms. The van der Waals surface area contributed by atoms with Crippen LogP contribution in [0.2, 0.25) is 0 Å². The lowest BCUT2D eigenvalue weighted by molar-refractivity contribution is -0.870. The number of rotatable bonds is 65. The highest BCUT2D eigenvalue weighted by molar-refractivity contribution is 5.70. The highest BCUT2D eigenvalue weighted by Crippen LogP contribution is 2.16. The Bertz CT molecular complexity index is 1970. The Kier molecular flexibility index (Phi) is 65.3. The van der Waals surface area contributed by atoms with Crippen molar-refractivity contribution in [3.05, 3.63) is 146 Å². The van der Waals surface area contributed by atoms with E-state index in [1.807, 2.05) is 21.1 Å². The fourth-order valence-corrected chi connectivity index (χ4v) is 9.60. The first-order valence-corrected chi connectivity index (χ1v) is 36.0. The summed E-state index contributed by atoms with van der Waals surface area (Å²) in [6.07, 6.45) is 97.9. The number of likely N-dealkylation sites (N-methyl/N-ethyl adjacent to an activating group) is 1. The Morgan fingerprint density at radius 1 is 0.348 bits per heavy atom. The number of ether oxygens (including phenoxy) is 4. The van der Waals surface area contributed by atoms with Crippen molar-refractivity contribution in [3.63, 3.8) is 0 Å². The lowest BCUT2D eigenvalue weighted by Gasteiger charge is -2.26. The average Bonchev–Trinajstić information content (AvgIpc) is 3.64. The number of allylic oxidation sites excluding steroid dienone is 24. The van der Waals surface area contributed by atoms with Crippen molar-refractivity contribution in [3.8, 4) is 0 Å². The lowest BCUT2D eigenvalue weighted by atomic mass is 10.0. The van der Waals surface area contributed by atoms with Crippen molar-refractivity contribution in [2.45, 2.75) is 296 Å². The summed E-state index contributed by atoms with van der Waals surface area (Å²) in [5.74, 6) is -2.32. The standard InChI is InChI=1S/C80H133NO8/c1-6-8-10-12-14-16-18-20-22-24-26-28-30-32-34-36-37-38-39-40-41-43-45-47-49-51-53-55-57-59-61-63-65-67-69-71-78(83)89-76(75-88-80(79(84)85)86-73-72-81(3,4)5)74-87-77(82)70-68-66-64-62-60-58-56-54-52-50-48-46-44-42-35-33-31-29-27-25-23-21-19-17-15-13-11-9-7-2/h8,10,14,16,19-22,25-28,32,34,37-38,40-41,45,47,51,53,57,59,76,80H,6-7,9,11-13,15,17-18,23-24,29-31,33,35-36,39,42-44,46,48-50,52,54-56,58,60-75H2,1-5H3/b10-8-,16-14-,21-19-,22-20-,27-25-,28-26-,34-32-,38-37-,41-40-,47-45-,53-51-,59-57-. The lowest BCUT2D eigenvalue weighted by Crippen LogP contribution is -2.44. The number of aliphatic carboxylic acids is 1. The van der Waals surface area contributed by atoms with Gasteiger partial charge in [-0.15, -0.1) is 0 Å². The fraction of sp³-hybridized carbons (Fsp3) is 0.662. The molecule has 2 atom stereocenters. The largest absolute Gasteiger partial charge is 0.545 e. The van der Waals surface area contributed by atoms with E-state index in [0.29, 0.717) is 17.4 Å². The Balaban J connectivity index is 4.21. The molecule has 0 bridgehead atoms. The summed E-state index contributed by atoms with van der Waals surface area (Å²) in [5.41, 5.74) is 0. The Morgan fingerprint density at radius 2 is 0.640 bits per heavy atom. The zero-order valence-electron chi connectivity index (χ0n) is 57.8. The van der Waals surface area contributed by atoms with Gasteiger partial charge < -0.3 is 33.3 Å². The van der Waals surface area contributed by atoms with Gasteiger partial charge in [0.1, 0.15) is 13.2 Å². The van der Waals surface area contributed by atoms with Crippen LogP contribution in [-0.4, -0.2) is 82.3 Å². The van der Waals surface area contributed by atoms with E-state index in [2.05, 4.69) is 160 Å². The summed E-state index contributed by atoms with van der Waals surface area (Å²) in [7, 11) is 5.91. The number of carboxylic acids is 1. The van der Waals surface area contributed by atoms with Crippen molar-refractivity contribution in [1.29, 1.82) is 0 Å². The molecule has 0 aromatic carbocycles. The molecule has 506 valence electrons. The van der Waals surface area contributed by atoms with Crippen molar-refractivity contribution in [1.82, 2.24) is 0 Å². The van der Waals surface area contributed by atoms with Gasteiger partial charge in [-0.05, 0) is 122 Å². The van der Waals surface area contributed by atoms with E-state index >= 15 is 0 Å². The molecule has 0 rings (SSSR count). The quantitative estimate of drug-likeness (QED) is 0.0195. The van der Waals surface area contributed by atoms with Gasteiger partial charge in [0.05, 0.1) is 40.3 Å². The number of hydrogen-bond donors (Lipinski definition) is 0. The highest BCUT2D eigenvalue weighted by Gasteiger charge is 2.22. The molecule has 0 aromatic rings. The molecule has 0 aliphatic heterocycles. The van der Waals surface area contributed by atoms with E-state index in [0.717, 1.165) is 116 Å². The molecule has 0 fully saturated rings. The van der Waals surface area contributed by atoms with E-state index in [9.17, 15) is 19.5 Å². The zero-order valence-corrected chi connectivity index (χ0v) is 57.8. The molecule has 2 unspecified atom stereocenters. The molecule has 0 radical (unpaired) electrons. The van der Waals surface area contributed by atoms with Gasteiger partial charge in [-0.2, -0.15) is 0 Å². The van der Waals surface area contributed by atoms with E-state index in [1.165, 1.54) is 135 Å². The first kappa shape index (κ1) is 84.2. The van der Waals surface area contributed by atoms with Crippen molar-refractivity contribution in [2.24, 2.45) is 0 Å². The van der Waals surface area contributed by atoms with Gasteiger partial charge in [0.15, 0.2) is 12.4 Å².